The Labute approximate surface area is 131 Å². The second-order valence-electron chi connectivity index (χ2n) is 5.28. The third-order valence-corrected chi connectivity index (χ3v) is 3.22. The van der Waals surface area contributed by atoms with Gasteiger partial charge in [-0.2, -0.15) is 13.2 Å². The third-order valence-electron chi connectivity index (χ3n) is 3.22. The number of carbonyl (C=O) groups excluding carboxylic acids is 2. The number of aliphatic hydroxyl groups excluding tert-OH is 1. The summed E-state index contributed by atoms with van der Waals surface area (Å²) in [6, 6.07) is 2.60. The van der Waals surface area contributed by atoms with Gasteiger partial charge < -0.3 is 15.2 Å². The SMILES string of the molecule is COC(=O)[C@H](NC(=O)[C@H](O)c1ccc(C(F)(F)F)cc1)C(C)C. The lowest BCUT2D eigenvalue weighted by atomic mass is 10.0. The molecule has 0 unspecified atom stereocenters. The molecule has 0 saturated carbocycles. The van der Waals surface area contributed by atoms with Crippen molar-refractivity contribution in [2.75, 3.05) is 7.11 Å². The molecule has 0 aliphatic rings. The van der Waals surface area contributed by atoms with Crippen LogP contribution in [0.2, 0.25) is 0 Å². The fourth-order valence-corrected chi connectivity index (χ4v) is 1.86. The highest BCUT2D eigenvalue weighted by Crippen LogP contribution is 2.30. The van der Waals surface area contributed by atoms with E-state index in [1.165, 1.54) is 0 Å². The van der Waals surface area contributed by atoms with Crippen LogP contribution in [0.3, 0.4) is 0 Å². The third kappa shape index (κ3) is 4.95. The van der Waals surface area contributed by atoms with E-state index < -0.39 is 35.8 Å². The summed E-state index contributed by atoms with van der Waals surface area (Å²) in [5.41, 5.74) is -0.897. The zero-order valence-electron chi connectivity index (χ0n) is 12.8. The van der Waals surface area contributed by atoms with E-state index in [0.29, 0.717) is 0 Å². The molecule has 0 heterocycles. The van der Waals surface area contributed by atoms with Crippen molar-refractivity contribution in [3.05, 3.63) is 35.4 Å². The quantitative estimate of drug-likeness (QED) is 0.809. The number of nitrogens with one attached hydrogen (secondary N) is 1. The van der Waals surface area contributed by atoms with Crippen molar-refractivity contribution >= 4 is 11.9 Å². The van der Waals surface area contributed by atoms with Crippen LogP contribution in [0, 0.1) is 5.92 Å². The predicted molar refractivity (Wildman–Crippen MR) is 75.2 cm³/mol. The maximum atomic E-state index is 12.5. The standard InChI is InChI=1S/C15H18F3NO4/c1-8(2)11(14(22)23-3)19-13(21)12(20)9-4-6-10(7-5-9)15(16,17)18/h4-8,11-12,20H,1-3H3,(H,19,21)/t11-,12-/m1/s1. The summed E-state index contributed by atoms with van der Waals surface area (Å²) in [6.45, 7) is 3.35. The molecule has 0 saturated heterocycles. The van der Waals surface area contributed by atoms with Gasteiger partial charge in [-0.05, 0) is 23.6 Å². The van der Waals surface area contributed by atoms with Crippen molar-refractivity contribution in [3.8, 4) is 0 Å². The number of hydrogen-bond donors (Lipinski definition) is 2. The zero-order valence-corrected chi connectivity index (χ0v) is 12.8. The average molecular weight is 333 g/mol. The maximum absolute atomic E-state index is 12.5. The molecule has 0 aliphatic heterocycles. The van der Waals surface area contributed by atoms with Gasteiger partial charge in [0.1, 0.15) is 6.04 Å². The Kier molecular flexibility index (Phi) is 6.14. The molecule has 1 rings (SSSR count). The number of esters is 1. The summed E-state index contributed by atoms with van der Waals surface area (Å²) in [7, 11) is 1.16. The number of hydrogen-bond acceptors (Lipinski definition) is 4. The Hall–Kier alpha value is -2.09. The van der Waals surface area contributed by atoms with Crippen LogP contribution in [-0.2, 0) is 20.5 Å². The maximum Gasteiger partial charge on any atom is 0.416 e. The summed E-state index contributed by atoms with van der Waals surface area (Å²) in [5.74, 6) is -1.85. The summed E-state index contributed by atoms with van der Waals surface area (Å²) in [4.78, 5) is 23.5. The van der Waals surface area contributed by atoms with Crippen LogP contribution < -0.4 is 5.32 Å². The summed E-state index contributed by atoms with van der Waals surface area (Å²) in [5, 5.41) is 12.2. The molecule has 5 nitrogen and oxygen atoms in total. The Bertz CT molecular complexity index is 555. The van der Waals surface area contributed by atoms with E-state index in [4.69, 9.17) is 0 Å². The van der Waals surface area contributed by atoms with Crippen molar-refractivity contribution < 1.29 is 32.6 Å². The van der Waals surface area contributed by atoms with Crippen LogP contribution in [0.25, 0.3) is 0 Å². The first-order valence-electron chi connectivity index (χ1n) is 6.81. The number of rotatable bonds is 5. The molecule has 0 radical (unpaired) electrons. The summed E-state index contributed by atoms with van der Waals surface area (Å²) < 4.78 is 42.0. The second kappa shape index (κ2) is 7.45. The van der Waals surface area contributed by atoms with Gasteiger partial charge in [0.25, 0.3) is 5.91 Å². The molecule has 128 valence electrons. The number of alkyl halides is 3. The highest BCUT2D eigenvalue weighted by Gasteiger charge is 2.31. The number of aliphatic hydroxyl groups is 1. The Morgan fingerprint density at radius 1 is 1.17 bits per heavy atom. The Balaban J connectivity index is 2.85. The van der Waals surface area contributed by atoms with Crippen LogP contribution in [0.15, 0.2) is 24.3 Å². The van der Waals surface area contributed by atoms with Gasteiger partial charge in [-0.1, -0.05) is 26.0 Å². The molecular formula is C15H18F3NO4. The minimum Gasteiger partial charge on any atom is -0.467 e. The molecule has 1 aromatic rings. The number of carbonyl (C=O) groups is 2. The zero-order chi connectivity index (χ0) is 17.8. The van der Waals surface area contributed by atoms with Crippen LogP contribution in [0.4, 0.5) is 13.2 Å². The first-order chi connectivity index (χ1) is 10.6. The van der Waals surface area contributed by atoms with E-state index in [2.05, 4.69) is 10.1 Å². The van der Waals surface area contributed by atoms with Crippen molar-refractivity contribution in [3.63, 3.8) is 0 Å². The average Bonchev–Trinajstić information content (AvgIpc) is 2.49. The highest BCUT2D eigenvalue weighted by molar-refractivity contribution is 5.87. The summed E-state index contributed by atoms with van der Waals surface area (Å²) in [6.07, 6.45) is -6.19. The number of amides is 1. The van der Waals surface area contributed by atoms with Gasteiger partial charge >= 0.3 is 12.1 Å². The van der Waals surface area contributed by atoms with Gasteiger partial charge in [-0.25, -0.2) is 4.79 Å². The monoisotopic (exact) mass is 333 g/mol. The van der Waals surface area contributed by atoms with Gasteiger partial charge in [0.05, 0.1) is 12.7 Å². The van der Waals surface area contributed by atoms with E-state index in [1.54, 1.807) is 13.8 Å². The van der Waals surface area contributed by atoms with Crippen LogP contribution >= 0.6 is 0 Å². The van der Waals surface area contributed by atoms with Gasteiger partial charge in [0.15, 0.2) is 6.10 Å². The fourth-order valence-electron chi connectivity index (χ4n) is 1.86. The molecule has 23 heavy (non-hydrogen) atoms. The fraction of sp³-hybridized carbons (Fsp3) is 0.467. The number of methoxy groups -OCH3 is 1. The van der Waals surface area contributed by atoms with Crippen molar-refractivity contribution in [2.45, 2.75) is 32.2 Å². The lowest BCUT2D eigenvalue weighted by molar-refractivity contribution is -0.147. The predicted octanol–water partition coefficient (Wildman–Crippen LogP) is 2.05. The number of ether oxygens (including phenoxy) is 1. The summed E-state index contributed by atoms with van der Waals surface area (Å²) >= 11 is 0. The van der Waals surface area contributed by atoms with Crippen LogP contribution in [-0.4, -0.2) is 30.1 Å². The van der Waals surface area contributed by atoms with Crippen molar-refractivity contribution in [1.29, 1.82) is 0 Å². The van der Waals surface area contributed by atoms with E-state index in [9.17, 15) is 27.9 Å². The molecule has 0 bridgehead atoms. The molecule has 0 spiro atoms. The molecule has 2 atom stereocenters. The van der Waals surface area contributed by atoms with E-state index in [1.807, 2.05) is 0 Å². The molecule has 0 aliphatic carbocycles. The van der Waals surface area contributed by atoms with Crippen molar-refractivity contribution in [2.24, 2.45) is 5.92 Å². The molecule has 0 aromatic heterocycles. The topological polar surface area (TPSA) is 75.6 Å². The number of halogens is 3. The highest BCUT2D eigenvalue weighted by atomic mass is 19.4. The molecule has 1 amide bonds. The van der Waals surface area contributed by atoms with Gasteiger partial charge in [-0.15, -0.1) is 0 Å². The smallest absolute Gasteiger partial charge is 0.416 e. The minimum atomic E-state index is -4.50. The lowest BCUT2D eigenvalue weighted by Gasteiger charge is -2.21. The molecular weight excluding hydrogens is 315 g/mol. The van der Waals surface area contributed by atoms with Gasteiger partial charge in [0.2, 0.25) is 0 Å². The minimum absolute atomic E-state index is 0.0112. The molecule has 2 N–H and O–H groups in total. The molecule has 8 heteroatoms. The van der Waals surface area contributed by atoms with Gasteiger partial charge in [-0.3, -0.25) is 4.79 Å². The van der Waals surface area contributed by atoms with Crippen LogP contribution in [0.5, 0.6) is 0 Å². The number of benzene rings is 1. The normalized spacial score (nSPS) is 14.3. The largest absolute Gasteiger partial charge is 0.467 e. The Morgan fingerprint density at radius 3 is 2.09 bits per heavy atom. The van der Waals surface area contributed by atoms with E-state index in [-0.39, 0.29) is 11.5 Å². The Morgan fingerprint density at radius 2 is 1.70 bits per heavy atom. The van der Waals surface area contributed by atoms with Gasteiger partial charge in [0, 0.05) is 0 Å². The van der Waals surface area contributed by atoms with Crippen LogP contribution in [0.1, 0.15) is 31.1 Å². The van der Waals surface area contributed by atoms with E-state index >= 15 is 0 Å². The first kappa shape index (κ1) is 19.0. The van der Waals surface area contributed by atoms with E-state index in [0.717, 1.165) is 31.4 Å². The van der Waals surface area contributed by atoms with Crippen molar-refractivity contribution in [1.82, 2.24) is 5.32 Å². The molecule has 0 fully saturated rings. The lowest BCUT2D eigenvalue weighted by Crippen LogP contribution is -2.46. The first-order valence-corrected chi connectivity index (χ1v) is 6.81. The molecule has 1 aromatic carbocycles. The second-order valence-corrected chi connectivity index (χ2v) is 5.28.